The molecule has 0 fully saturated rings. The molecule has 0 nitrogen and oxygen atoms in total. The van der Waals surface area contributed by atoms with Crippen molar-refractivity contribution in [1.29, 1.82) is 0 Å². The molecule has 0 saturated heterocycles. The van der Waals surface area contributed by atoms with Crippen LogP contribution in [0.3, 0.4) is 0 Å². The topological polar surface area (TPSA) is 0 Å². The average Bonchev–Trinajstić information content (AvgIpc) is 2.25. The van der Waals surface area contributed by atoms with Gasteiger partial charge in [-0.3, -0.25) is 0 Å². The third-order valence-corrected chi connectivity index (χ3v) is 2.29. The molecule has 15 heavy (non-hydrogen) atoms. The monoisotopic (exact) mass is 208 g/mol. The Morgan fingerprint density at radius 1 is 1.07 bits per heavy atom. The molecule has 0 heterocycles. The van der Waals surface area contributed by atoms with E-state index in [0.29, 0.717) is 5.92 Å². The first-order valence-electron chi connectivity index (χ1n) is 6.06. The molecule has 0 radical (unpaired) electrons. The molecule has 0 spiro atoms. The summed E-state index contributed by atoms with van der Waals surface area (Å²) in [5, 5.41) is 0. The van der Waals surface area contributed by atoms with Crippen molar-refractivity contribution in [3.05, 3.63) is 37.0 Å². The molecule has 88 valence electrons. The van der Waals surface area contributed by atoms with Crippen molar-refractivity contribution >= 4 is 0 Å². The van der Waals surface area contributed by atoms with Gasteiger partial charge in [0.05, 0.1) is 0 Å². The molecule has 0 rings (SSSR count). The van der Waals surface area contributed by atoms with Crippen LogP contribution >= 0.6 is 0 Å². The van der Waals surface area contributed by atoms with E-state index >= 15 is 0 Å². The zero-order chi connectivity index (χ0) is 12.3. The Balaban J connectivity index is 0. The van der Waals surface area contributed by atoms with E-state index in [9.17, 15) is 0 Å². The van der Waals surface area contributed by atoms with E-state index < -0.39 is 0 Å². The fourth-order valence-electron chi connectivity index (χ4n) is 1.32. The Hall–Kier alpha value is -0.780. The van der Waals surface area contributed by atoms with Crippen LogP contribution in [0.25, 0.3) is 0 Å². The highest BCUT2D eigenvalue weighted by molar-refractivity contribution is 5.23. The Labute approximate surface area is 96.8 Å². The van der Waals surface area contributed by atoms with Gasteiger partial charge in [0, 0.05) is 0 Å². The molecular formula is C15H28. The predicted molar refractivity (Wildman–Crippen MR) is 73.1 cm³/mol. The molecule has 0 bridgehead atoms. The Morgan fingerprint density at radius 3 is 1.93 bits per heavy atom. The van der Waals surface area contributed by atoms with Crippen molar-refractivity contribution in [3.63, 3.8) is 0 Å². The SMILES string of the molecule is C=C/C=C(\C=C)C(C)CCC(C)C.CC. The number of allylic oxidation sites excluding steroid dienone is 4. The summed E-state index contributed by atoms with van der Waals surface area (Å²) in [4.78, 5) is 0. The van der Waals surface area contributed by atoms with Crippen molar-refractivity contribution in [3.8, 4) is 0 Å². The predicted octanol–water partition coefficient (Wildman–Crippen LogP) is 5.38. The number of hydrogen-bond donors (Lipinski definition) is 0. The molecule has 0 saturated carbocycles. The first-order chi connectivity index (χ1) is 7.11. The zero-order valence-electron chi connectivity index (χ0n) is 11.2. The lowest BCUT2D eigenvalue weighted by molar-refractivity contribution is 0.494. The van der Waals surface area contributed by atoms with Crippen LogP contribution in [0.5, 0.6) is 0 Å². The molecule has 0 aromatic heterocycles. The summed E-state index contributed by atoms with van der Waals surface area (Å²) in [5.74, 6) is 1.40. The second-order valence-corrected chi connectivity index (χ2v) is 3.98. The molecule has 0 aliphatic rings. The van der Waals surface area contributed by atoms with Crippen molar-refractivity contribution in [2.24, 2.45) is 11.8 Å². The highest BCUT2D eigenvalue weighted by atomic mass is 14.1. The van der Waals surface area contributed by atoms with E-state index in [1.165, 1.54) is 18.4 Å². The van der Waals surface area contributed by atoms with Crippen LogP contribution < -0.4 is 0 Å². The zero-order valence-corrected chi connectivity index (χ0v) is 11.2. The third kappa shape index (κ3) is 9.52. The van der Waals surface area contributed by atoms with Gasteiger partial charge in [-0.15, -0.1) is 0 Å². The Bertz CT molecular complexity index is 184. The third-order valence-electron chi connectivity index (χ3n) is 2.29. The Morgan fingerprint density at radius 2 is 1.60 bits per heavy atom. The van der Waals surface area contributed by atoms with Gasteiger partial charge in [0.15, 0.2) is 0 Å². The molecule has 0 aliphatic carbocycles. The quantitative estimate of drug-likeness (QED) is 0.514. The summed E-state index contributed by atoms with van der Waals surface area (Å²) in [5.41, 5.74) is 1.30. The molecule has 0 aliphatic heterocycles. The molecule has 0 aromatic rings. The average molecular weight is 208 g/mol. The van der Waals surface area contributed by atoms with E-state index in [0.717, 1.165) is 5.92 Å². The second-order valence-electron chi connectivity index (χ2n) is 3.98. The first kappa shape index (κ1) is 16.6. The van der Waals surface area contributed by atoms with Crippen molar-refractivity contribution in [2.75, 3.05) is 0 Å². The van der Waals surface area contributed by atoms with Crippen LogP contribution in [-0.4, -0.2) is 0 Å². The molecule has 0 aromatic carbocycles. The minimum atomic E-state index is 0.609. The van der Waals surface area contributed by atoms with Crippen molar-refractivity contribution < 1.29 is 0 Å². The summed E-state index contributed by atoms with van der Waals surface area (Å²) in [6, 6.07) is 0. The minimum Gasteiger partial charge on any atom is -0.0991 e. The van der Waals surface area contributed by atoms with Gasteiger partial charge in [0.2, 0.25) is 0 Å². The second kappa shape index (κ2) is 11.3. The van der Waals surface area contributed by atoms with Gasteiger partial charge < -0.3 is 0 Å². The highest BCUT2D eigenvalue weighted by Gasteiger charge is 2.05. The maximum Gasteiger partial charge on any atom is -0.0191 e. The summed E-state index contributed by atoms with van der Waals surface area (Å²) >= 11 is 0. The largest absolute Gasteiger partial charge is 0.0991 e. The van der Waals surface area contributed by atoms with E-state index in [4.69, 9.17) is 0 Å². The molecule has 1 atom stereocenters. The van der Waals surface area contributed by atoms with Crippen LogP contribution in [-0.2, 0) is 0 Å². The summed E-state index contributed by atoms with van der Waals surface area (Å²) in [6.07, 6.45) is 8.35. The highest BCUT2D eigenvalue weighted by Crippen LogP contribution is 2.20. The van der Waals surface area contributed by atoms with Gasteiger partial charge in [-0.1, -0.05) is 72.4 Å². The maximum atomic E-state index is 3.81. The molecule has 0 heteroatoms. The lowest BCUT2D eigenvalue weighted by Crippen LogP contribution is -1.99. The fourth-order valence-corrected chi connectivity index (χ4v) is 1.32. The molecule has 0 amide bonds. The molecule has 1 unspecified atom stereocenters. The summed E-state index contributed by atoms with van der Waals surface area (Å²) in [6.45, 7) is 18.3. The van der Waals surface area contributed by atoms with E-state index in [1.807, 2.05) is 26.0 Å². The minimum absolute atomic E-state index is 0.609. The summed E-state index contributed by atoms with van der Waals surface area (Å²) in [7, 11) is 0. The fraction of sp³-hybridized carbons (Fsp3) is 0.600. The van der Waals surface area contributed by atoms with Gasteiger partial charge in [0.1, 0.15) is 0 Å². The number of rotatable bonds is 6. The smallest absolute Gasteiger partial charge is 0.0191 e. The maximum absolute atomic E-state index is 3.81. The van der Waals surface area contributed by atoms with Gasteiger partial charge >= 0.3 is 0 Å². The van der Waals surface area contributed by atoms with Crippen molar-refractivity contribution in [2.45, 2.75) is 47.5 Å². The first-order valence-corrected chi connectivity index (χ1v) is 6.06. The number of hydrogen-bond acceptors (Lipinski definition) is 0. The standard InChI is InChI=1S/C13H22.C2H6/c1-6-8-13(7-2)12(5)10-9-11(3)4;1-2/h6-8,11-12H,1-2,9-10H2,3-5H3;1-2H3/b13-8+;. The van der Waals surface area contributed by atoms with Gasteiger partial charge in [0.25, 0.3) is 0 Å². The van der Waals surface area contributed by atoms with Crippen LogP contribution in [0, 0.1) is 11.8 Å². The van der Waals surface area contributed by atoms with Gasteiger partial charge in [-0.05, 0) is 23.8 Å². The van der Waals surface area contributed by atoms with E-state index in [2.05, 4.69) is 40.0 Å². The normalized spacial score (nSPS) is 12.8. The van der Waals surface area contributed by atoms with Crippen molar-refractivity contribution in [1.82, 2.24) is 0 Å². The van der Waals surface area contributed by atoms with Crippen LogP contribution in [0.15, 0.2) is 37.0 Å². The Kier molecular flexibility index (Phi) is 12.5. The molecular weight excluding hydrogens is 180 g/mol. The van der Waals surface area contributed by atoms with Crippen LogP contribution in [0.1, 0.15) is 47.5 Å². The van der Waals surface area contributed by atoms with Gasteiger partial charge in [-0.2, -0.15) is 0 Å². The molecule has 0 N–H and O–H groups in total. The lowest BCUT2D eigenvalue weighted by atomic mass is 9.92. The van der Waals surface area contributed by atoms with Gasteiger partial charge in [-0.25, -0.2) is 0 Å². The van der Waals surface area contributed by atoms with Crippen LogP contribution in [0.2, 0.25) is 0 Å². The van der Waals surface area contributed by atoms with E-state index in [1.54, 1.807) is 0 Å². The summed E-state index contributed by atoms with van der Waals surface area (Å²) < 4.78 is 0. The lowest BCUT2D eigenvalue weighted by Gasteiger charge is -2.13. The van der Waals surface area contributed by atoms with Crippen LogP contribution in [0.4, 0.5) is 0 Å². The van der Waals surface area contributed by atoms with E-state index in [-0.39, 0.29) is 0 Å².